The smallest absolute Gasteiger partial charge is 0.346 e. The maximum Gasteiger partial charge on any atom is 0.346 e. The molecule has 16 heavy (non-hydrogen) atoms. The van der Waals surface area contributed by atoms with Crippen molar-refractivity contribution in [1.29, 1.82) is 0 Å². The van der Waals surface area contributed by atoms with Crippen LogP contribution in [0.4, 0.5) is 4.39 Å². The van der Waals surface area contributed by atoms with Crippen molar-refractivity contribution in [3.8, 4) is 5.75 Å². The highest BCUT2D eigenvalue weighted by Gasteiger charge is 2.41. The van der Waals surface area contributed by atoms with Gasteiger partial charge in [0, 0.05) is 5.56 Å². The highest BCUT2D eigenvalue weighted by atomic mass is 19.1. The Kier molecular flexibility index (Phi) is 3.52. The topological polar surface area (TPSA) is 46.5 Å². The van der Waals surface area contributed by atoms with Crippen LogP contribution in [0.1, 0.15) is 24.5 Å². The van der Waals surface area contributed by atoms with Crippen molar-refractivity contribution in [2.75, 3.05) is 7.11 Å². The van der Waals surface area contributed by atoms with E-state index in [1.807, 2.05) is 0 Å². The van der Waals surface area contributed by atoms with Crippen molar-refractivity contribution < 1.29 is 19.0 Å². The maximum atomic E-state index is 14.3. The van der Waals surface area contributed by atoms with Crippen molar-refractivity contribution >= 4 is 5.97 Å². The van der Waals surface area contributed by atoms with E-state index in [1.54, 1.807) is 19.1 Å². The van der Waals surface area contributed by atoms with Crippen LogP contribution in [0.15, 0.2) is 18.2 Å². The summed E-state index contributed by atoms with van der Waals surface area (Å²) in [5, 5.41) is 8.97. The van der Waals surface area contributed by atoms with E-state index in [2.05, 4.69) is 0 Å². The fourth-order valence-electron chi connectivity index (χ4n) is 1.59. The normalized spacial score (nSPS) is 14.2. The lowest BCUT2D eigenvalue weighted by atomic mass is 9.91. The van der Waals surface area contributed by atoms with Gasteiger partial charge in [-0.05, 0) is 25.5 Å². The van der Waals surface area contributed by atoms with Gasteiger partial charge in [-0.2, -0.15) is 0 Å². The molecule has 1 aromatic carbocycles. The van der Waals surface area contributed by atoms with E-state index in [4.69, 9.17) is 9.84 Å². The largest absolute Gasteiger partial charge is 0.496 e. The number of halogens is 1. The summed E-state index contributed by atoms with van der Waals surface area (Å²) in [7, 11) is 1.39. The van der Waals surface area contributed by atoms with E-state index in [1.165, 1.54) is 20.1 Å². The van der Waals surface area contributed by atoms with E-state index in [9.17, 15) is 9.18 Å². The molecule has 0 aliphatic carbocycles. The predicted octanol–water partition coefficient (Wildman–Crippen LogP) is 2.66. The van der Waals surface area contributed by atoms with Crippen LogP contribution in [0.2, 0.25) is 0 Å². The molecule has 0 aliphatic heterocycles. The van der Waals surface area contributed by atoms with E-state index in [0.29, 0.717) is 0 Å². The van der Waals surface area contributed by atoms with Gasteiger partial charge >= 0.3 is 5.97 Å². The number of methoxy groups -OCH3 is 1. The number of alkyl halides is 1. The second-order valence-electron chi connectivity index (χ2n) is 3.66. The maximum absolute atomic E-state index is 14.3. The van der Waals surface area contributed by atoms with Gasteiger partial charge in [0.05, 0.1) is 7.11 Å². The molecule has 0 aliphatic rings. The molecule has 1 atom stereocenters. The summed E-state index contributed by atoms with van der Waals surface area (Å²) in [5.74, 6) is -1.23. The van der Waals surface area contributed by atoms with Crippen LogP contribution in [0.3, 0.4) is 0 Å². The molecule has 0 saturated carbocycles. The summed E-state index contributed by atoms with van der Waals surface area (Å²) >= 11 is 0. The van der Waals surface area contributed by atoms with Gasteiger partial charge in [0.25, 0.3) is 0 Å². The predicted molar refractivity (Wildman–Crippen MR) is 58.4 cm³/mol. The van der Waals surface area contributed by atoms with Gasteiger partial charge in [0.15, 0.2) is 0 Å². The Morgan fingerprint density at radius 3 is 2.62 bits per heavy atom. The lowest BCUT2D eigenvalue weighted by molar-refractivity contribution is -0.152. The van der Waals surface area contributed by atoms with Gasteiger partial charge in [-0.1, -0.05) is 18.6 Å². The Morgan fingerprint density at radius 1 is 1.56 bits per heavy atom. The lowest BCUT2D eigenvalue weighted by Gasteiger charge is -2.22. The Hall–Kier alpha value is -1.58. The van der Waals surface area contributed by atoms with E-state index in [0.717, 1.165) is 5.56 Å². The number of aliphatic carboxylic acids is 1. The summed E-state index contributed by atoms with van der Waals surface area (Å²) in [5.41, 5.74) is -1.52. The summed E-state index contributed by atoms with van der Waals surface area (Å²) < 4.78 is 19.3. The van der Waals surface area contributed by atoms with Crippen molar-refractivity contribution in [3.63, 3.8) is 0 Å². The van der Waals surface area contributed by atoms with Crippen LogP contribution in [-0.2, 0) is 10.5 Å². The van der Waals surface area contributed by atoms with Gasteiger partial charge in [-0.3, -0.25) is 0 Å². The fraction of sp³-hybridized carbons (Fsp3) is 0.417. The monoisotopic (exact) mass is 226 g/mol. The van der Waals surface area contributed by atoms with Crippen LogP contribution in [0.5, 0.6) is 5.75 Å². The number of ether oxygens (including phenoxy) is 1. The SMILES string of the molecule is CCC(F)(C(=O)O)c1cc(C)ccc1OC. The summed E-state index contributed by atoms with van der Waals surface area (Å²) in [6, 6.07) is 4.84. The molecule has 4 heteroatoms. The third-order valence-electron chi connectivity index (χ3n) is 2.61. The molecule has 0 spiro atoms. The molecule has 0 heterocycles. The molecular weight excluding hydrogens is 211 g/mol. The average molecular weight is 226 g/mol. The number of rotatable bonds is 4. The first-order valence-corrected chi connectivity index (χ1v) is 5.03. The van der Waals surface area contributed by atoms with Crippen LogP contribution in [0, 0.1) is 6.92 Å². The first-order chi connectivity index (χ1) is 7.45. The molecule has 0 radical (unpaired) electrons. The molecule has 3 nitrogen and oxygen atoms in total. The minimum Gasteiger partial charge on any atom is -0.496 e. The van der Waals surface area contributed by atoms with Gasteiger partial charge < -0.3 is 9.84 Å². The first kappa shape index (κ1) is 12.5. The van der Waals surface area contributed by atoms with Crippen LogP contribution >= 0.6 is 0 Å². The molecule has 1 unspecified atom stereocenters. The molecule has 88 valence electrons. The number of hydrogen-bond donors (Lipinski definition) is 1. The molecule has 0 fully saturated rings. The Labute approximate surface area is 93.9 Å². The number of carboxylic acids is 1. The van der Waals surface area contributed by atoms with Gasteiger partial charge in [0.2, 0.25) is 5.67 Å². The fourth-order valence-corrected chi connectivity index (χ4v) is 1.59. The molecule has 0 bridgehead atoms. The molecule has 1 N–H and O–H groups in total. The zero-order valence-electron chi connectivity index (χ0n) is 9.58. The minimum absolute atomic E-state index is 0.0741. The highest BCUT2D eigenvalue weighted by Crippen LogP contribution is 2.37. The number of carboxylic acid groups (broad SMARTS) is 1. The molecule has 0 amide bonds. The van der Waals surface area contributed by atoms with Crippen molar-refractivity contribution in [2.24, 2.45) is 0 Å². The molecule has 1 rings (SSSR count). The quantitative estimate of drug-likeness (QED) is 0.858. The third kappa shape index (κ3) is 2.01. The first-order valence-electron chi connectivity index (χ1n) is 5.03. The van der Waals surface area contributed by atoms with Crippen molar-refractivity contribution in [2.45, 2.75) is 25.9 Å². The van der Waals surface area contributed by atoms with Crippen molar-refractivity contribution in [3.05, 3.63) is 29.3 Å². The Morgan fingerprint density at radius 2 is 2.19 bits per heavy atom. The summed E-state index contributed by atoms with van der Waals surface area (Å²) in [4.78, 5) is 11.0. The zero-order valence-corrected chi connectivity index (χ0v) is 9.58. The van der Waals surface area contributed by atoms with Gasteiger partial charge in [-0.25, -0.2) is 9.18 Å². The second kappa shape index (κ2) is 4.51. The van der Waals surface area contributed by atoms with Crippen LogP contribution in [0.25, 0.3) is 0 Å². The molecule has 0 aromatic heterocycles. The highest BCUT2D eigenvalue weighted by molar-refractivity contribution is 5.80. The Bertz CT molecular complexity index is 403. The number of benzene rings is 1. The van der Waals surface area contributed by atoms with Crippen molar-refractivity contribution in [1.82, 2.24) is 0 Å². The van der Waals surface area contributed by atoms with Crippen LogP contribution < -0.4 is 4.74 Å². The number of hydrogen-bond acceptors (Lipinski definition) is 2. The van der Waals surface area contributed by atoms with Crippen LogP contribution in [-0.4, -0.2) is 18.2 Å². The number of aryl methyl sites for hydroxylation is 1. The summed E-state index contributed by atoms with van der Waals surface area (Å²) in [6.07, 6.45) is -0.137. The number of carbonyl (C=O) groups is 1. The van der Waals surface area contributed by atoms with Gasteiger partial charge in [0.1, 0.15) is 5.75 Å². The molecular formula is C12H15FO3. The zero-order chi connectivity index (χ0) is 12.3. The van der Waals surface area contributed by atoms with E-state index < -0.39 is 11.6 Å². The second-order valence-corrected chi connectivity index (χ2v) is 3.66. The standard InChI is InChI=1S/C12H15FO3/c1-4-12(13,11(14)15)9-7-8(2)5-6-10(9)16-3/h5-7H,4H2,1-3H3,(H,14,15). The average Bonchev–Trinajstić information content (AvgIpc) is 2.27. The van der Waals surface area contributed by atoms with E-state index >= 15 is 0 Å². The molecule has 1 aromatic rings. The lowest BCUT2D eigenvalue weighted by Crippen LogP contribution is -2.30. The third-order valence-corrected chi connectivity index (χ3v) is 2.61. The summed E-state index contributed by atoms with van der Waals surface area (Å²) in [6.45, 7) is 3.27. The minimum atomic E-state index is -2.39. The van der Waals surface area contributed by atoms with Gasteiger partial charge in [-0.15, -0.1) is 0 Å². The van der Waals surface area contributed by atoms with E-state index in [-0.39, 0.29) is 17.7 Å². The Balaban J connectivity index is 3.39. The molecule has 0 saturated heterocycles.